The van der Waals surface area contributed by atoms with Gasteiger partial charge in [-0.25, -0.2) is 0 Å². The first-order valence-corrected chi connectivity index (χ1v) is 8.40. The van der Waals surface area contributed by atoms with Crippen molar-refractivity contribution >= 4 is 12.6 Å². The topological polar surface area (TPSA) is 74.6 Å². The van der Waals surface area contributed by atoms with Gasteiger partial charge in [0.2, 0.25) is 0 Å². The molecule has 2 aromatic rings. The van der Waals surface area contributed by atoms with E-state index >= 15 is 0 Å². The Morgan fingerprint density at radius 3 is 1.40 bits per heavy atom. The fraction of sp³-hybridized carbons (Fsp3) is 0.333. The fourth-order valence-corrected chi connectivity index (χ4v) is 2.99. The normalized spacial score (nSPS) is 11.1. The van der Waals surface area contributed by atoms with Gasteiger partial charge in [-0.3, -0.25) is 9.59 Å². The summed E-state index contributed by atoms with van der Waals surface area (Å²) < 4.78 is 0. The summed E-state index contributed by atoms with van der Waals surface area (Å²) in [5.41, 5.74) is 3.72. The van der Waals surface area contributed by atoms with Gasteiger partial charge in [-0.05, 0) is 52.6 Å². The summed E-state index contributed by atoms with van der Waals surface area (Å²) in [4.78, 5) is 22.5. The molecule has 0 aromatic heterocycles. The second kappa shape index (κ2) is 7.51. The maximum absolute atomic E-state index is 11.3. The van der Waals surface area contributed by atoms with E-state index in [1.807, 2.05) is 39.8 Å². The molecule has 25 heavy (non-hydrogen) atoms. The lowest BCUT2D eigenvalue weighted by atomic mass is 9.91. The van der Waals surface area contributed by atoms with E-state index in [0.717, 1.165) is 22.3 Å². The molecule has 0 fully saturated rings. The second-order valence-corrected chi connectivity index (χ2v) is 6.97. The number of aldehydes is 2. The van der Waals surface area contributed by atoms with Crippen molar-refractivity contribution in [3.63, 3.8) is 0 Å². The number of aromatic hydroxyl groups is 2. The Morgan fingerprint density at radius 2 is 1.12 bits per heavy atom. The maximum atomic E-state index is 11.3. The molecule has 4 heteroatoms. The molecule has 2 aromatic carbocycles. The SMILES string of the molecule is CC(C)c1cc(Cc2cc(C=O)c(O)c(C(C)C)c2)cc(C=O)c1O. The summed E-state index contributed by atoms with van der Waals surface area (Å²) in [5.74, 6) is 0.206. The number of phenolic OH excluding ortho intramolecular Hbond substituents is 2. The first kappa shape index (κ1) is 18.7. The quantitative estimate of drug-likeness (QED) is 0.756. The standard InChI is InChI=1S/C21H24O4/c1-12(2)18-8-14(6-16(10-22)20(18)24)5-15-7-17(11-23)21(25)19(9-15)13(3)4/h6-13,24-25H,5H2,1-4H3. The lowest BCUT2D eigenvalue weighted by Gasteiger charge is -2.15. The smallest absolute Gasteiger partial charge is 0.153 e. The molecule has 0 heterocycles. The minimum atomic E-state index is 0.0240. The number of carbonyl (C=O) groups is 2. The average Bonchev–Trinajstić information content (AvgIpc) is 2.56. The van der Waals surface area contributed by atoms with Gasteiger partial charge in [-0.15, -0.1) is 0 Å². The summed E-state index contributed by atoms with van der Waals surface area (Å²) in [6.07, 6.45) is 1.80. The summed E-state index contributed by atoms with van der Waals surface area (Å²) >= 11 is 0. The van der Waals surface area contributed by atoms with Gasteiger partial charge in [-0.2, -0.15) is 0 Å². The molecule has 4 nitrogen and oxygen atoms in total. The number of benzene rings is 2. The van der Waals surface area contributed by atoms with E-state index in [0.29, 0.717) is 19.0 Å². The van der Waals surface area contributed by atoms with E-state index in [2.05, 4.69) is 0 Å². The molecule has 0 bridgehead atoms. The summed E-state index contributed by atoms with van der Waals surface area (Å²) in [7, 11) is 0. The van der Waals surface area contributed by atoms with Crippen LogP contribution in [0.2, 0.25) is 0 Å². The predicted molar refractivity (Wildman–Crippen MR) is 98.0 cm³/mol. The monoisotopic (exact) mass is 340 g/mol. The summed E-state index contributed by atoms with van der Waals surface area (Å²) in [5, 5.41) is 20.3. The molecule has 0 aliphatic carbocycles. The summed E-state index contributed by atoms with van der Waals surface area (Å²) in [6.45, 7) is 7.81. The predicted octanol–water partition coefficient (Wildman–Crippen LogP) is 4.56. The number of phenols is 2. The molecule has 0 atom stereocenters. The van der Waals surface area contributed by atoms with Crippen molar-refractivity contribution in [2.24, 2.45) is 0 Å². The van der Waals surface area contributed by atoms with Gasteiger partial charge in [0, 0.05) is 0 Å². The van der Waals surface area contributed by atoms with E-state index in [4.69, 9.17) is 0 Å². The van der Waals surface area contributed by atoms with E-state index in [-0.39, 0.29) is 34.5 Å². The molecule has 0 aliphatic heterocycles. The van der Waals surface area contributed by atoms with Crippen LogP contribution < -0.4 is 0 Å². The third-order valence-electron chi connectivity index (χ3n) is 4.36. The number of carbonyl (C=O) groups excluding carboxylic acids is 2. The Kier molecular flexibility index (Phi) is 5.62. The Hall–Kier alpha value is -2.62. The Bertz CT molecular complexity index is 737. The lowest BCUT2D eigenvalue weighted by Crippen LogP contribution is -2.00. The molecule has 0 saturated carbocycles. The first-order chi connectivity index (χ1) is 11.8. The highest BCUT2D eigenvalue weighted by atomic mass is 16.3. The van der Waals surface area contributed by atoms with Crippen LogP contribution in [0.1, 0.15) is 82.5 Å². The Labute approximate surface area is 148 Å². The van der Waals surface area contributed by atoms with Crippen LogP contribution in [0.15, 0.2) is 24.3 Å². The van der Waals surface area contributed by atoms with Crippen LogP contribution in [0.3, 0.4) is 0 Å². The molecule has 0 unspecified atom stereocenters. The van der Waals surface area contributed by atoms with Crippen LogP contribution in [0.5, 0.6) is 11.5 Å². The minimum absolute atomic E-state index is 0.0240. The highest BCUT2D eigenvalue weighted by Gasteiger charge is 2.15. The van der Waals surface area contributed by atoms with Crippen LogP contribution in [0.25, 0.3) is 0 Å². The molecule has 0 aliphatic rings. The van der Waals surface area contributed by atoms with Crippen molar-refractivity contribution < 1.29 is 19.8 Å². The van der Waals surface area contributed by atoms with Crippen molar-refractivity contribution in [2.75, 3.05) is 0 Å². The number of hydrogen-bond acceptors (Lipinski definition) is 4. The number of hydrogen-bond donors (Lipinski definition) is 2. The molecule has 132 valence electrons. The van der Waals surface area contributed by atoms with Gasteiger partial charge in [0.15, 0.2) is 12.6 Å². The third-order valence-corrected chi connectivity index (χ3v) is 4.36. The van der Waals surface area contributed by atoms with Crippen LogP contribution in [-0.2, 0) is 6.42 Å². The third kappa shape index (κ3) is 3.90. The van der Waals surface area contributed by atoms with Crippen molar-refractivity contribution in [3.05, 3.63) is 57.6 Å². The second-order valence-electron chi connectivity index (χ2n) is 6.97. The Balaban J connectivity index is 2.53. The minimum Gasteiger partial charge on any atom is -0.507 e. The summed E-state index contributed by atoms with van der Waals surface area (Å²) in [6, 6.07) is 7.10. The number of rotatable bonds is 6. The zero-order valence-corrected chi connectivity index (χ0v) is 15.0. The van der Waals surface area contributed by atoms with Gasteiger partial charge < -0.3 is 10.2 Å². The van der Waals surface area contributed by atoms with Crippen LogP contribution >= 0.6 is 0 Å². The highest BCUT2D eigenvalue weighted by Crippen LogP contribution is 2.33. The molecular weight excluding hydrogens is 316 g/mol. The van der Waals surface area contributed by atoms with Crippen molar-refractivity contribution in [3.8, 4) is 11.5 Å². The van der Waals surface area contributed by atoms with Crippen LogP contribution in [-0.4, -0.2) is 22.8 Å². The van der Waals surface area contributed by atoms with Gasteiger partial charge >= 0.3 is 0 Å². The first-order valence-electron chi connectivity index (χ1n) is 8.40. The van der Waals surface area contributed by atoms with Crippen molar-refractivity contribution in [1.82, 2.24) is 0 Å². The maximum Gasteiger partial charge on any atom is 0.153 e. The van der Waals surface area contributed by atoms with E-state index in [1.165, 1.54) is 0 Å². The van der Waals surface area contributed by atoms with E-state index in [1.54, 1.807) is 12.1 Å². The molecule has 0 saturated heterocycles. The molecular formula is C21H24O4. The largest absolute Gasteiger partial charge is 0.507 e. The van der Waals surface area contributed by atoms with Crippen LogP contribution in [0.4, 0.5) is 0 Å². The van der Waals surface area contributed by atoms with Crippen molar-refractivity contribution in [1.29, 1.82) is 0 Å². The van der Waals surface area contributed by atoms with Crippen molar-refractivity contribution in [2.45, 2.75) is 46.0 Å². The van der Waals surface area contributed by atoms with Gasteiger partial charge in [-0.1, -0.05) is 39.8 Å². The zero-order valence-electron chi connectivity index (χ0n) is 15.0. The van der Waals surface area contributed by atoms with Gasteiger partial charge in [0.1, 0.15) is 11.5 Å². The van der Waals surface area contributed by atoms with E-state index in [9.17, 15) is 19.8 Å². The van der Waals surface area contributed by atoms with Gasteiger partial charge in [0.05, 0.1) is 11.1 Å². The highest BCUT2D eigenvalue weighted by molar-refractivity contribution is 5.81. The lowest BCUT2D eigenvalue weighted by molar-refractivity contribution is 0.111. The Morgan fingerprint density at radius 1 is 0.760 bits per heavy atom. The van der Waals surface area contributed by atoms with Crippen LogP contribution in [0, 0.1) is 0 Å². The molecule has 0 spiro atoms. The van der Waals surface area contributed by atoms with Gasteiger partial charge in [0.25, 0.3) is 0 Å². The molecule has 0 amide bonds. The average molecular weight is 340 g/mol. The zero-order chi connectivity index (χ0) is 18.7. The molecule has 0 radical (unpaired) electrons. The molecule has 2 rings (SSSR count). The van der Waals surface area contributed by atoms with E-state index < -0.39 is 0 Å². The molecule has 2 N–H and O–H groups in total. The fourth-order valence-electron chi connectivity index (χ4n) is 2.99.